The molecule has 0 N–H and O–H groups in total. The van der Waals surface area contributed by atoms with Gasteiger partial charge in [0.05, 0.1) is 0 Å². The molecule has 1 unspecified atom stereocenters. The van der Waals surface area contributed by atoms with Crippen LogP contribution in [0.2, 0.25) is 31.9 Å². The van der Waals surface area contributed by atoms with Crippen LogP contribution in [-0.2, 0) is 6.42 Å². The Morgan fingerprint density at radius 3 is 2.38 bits per heavy atom. The lowest BCUT2D eigenvalue weighted by molar-refractivity contribution is 1.23. The van der Waals surface area contributed by atoms with E-state index >= 15 is 0 Å². The fourth-order valence-electron chi connectivity index (χ4n) is 3.98. The molecule has 0 bridgehead atoms. The van der Waals surface area contributed by atoms with Crippen molar-refractivity contribution < 1.29 is 0 Å². The third kappa shape index (κ3) is 2.92. The molecule has 0 saturated heterocycles. The summed E-state index contributed by atoms with van der Waals surface area (Å²) in [6.07, 6.45) is 12.0. The number of benzene rings is 1. The normalized spacial score (nSPS) is 20.0. The first-order valence-corrected chi connectivity index (χ1v) is 14.5. The van der Waals surface area contributed by atoms with Crippen LogP contribution in [0, 0.1) is 0 Å². The van der Waals surface area contributed by atoms with Crippen molar-refractivity contribution >= 4 is 22.2 Å². The summed E-state index contributed by atoms with van der Waals surface area (Å²) >= 11 is 0. The molecule has 2 heteroatoms. The highest BCUT2D eigenvalue weighted by Gasteiger charge is 2.40. The van der Waals surface area contributed by atoms with Crippen LogP contribution in [0.1, 0.15) is 17.5 Å². The second kappa shape index (κ2) is 5.25. The Morgan fingerprint density at radius 1 is 1.00 bits per heavy atom. The molecule has 2 aliphatic carbocycles. The van der Waals surface area contributed by atoms with Gasteiger partial charge in [0.1, 0.15) is 8.07 Å². The van der Waals surface area contributed by atoms with Gasteiger partial charge in [0.25, 0.3) is 0 Å². The van der Waals surface area contributed by atoms with Crippen LogP contribution >= 0.6 is 0 Å². The molecule has 0 aromatic heterocycles. The standard InChI is InChI=1S/C19H26Si2/c1-20(2,3)15-21(4,18-11-7-8-12-18)19-13-16-9-5-6-10-17(16)14-19/h5-11,13H,12,14-15H2,1-4H3. The Hall–Kier alpha value is -1.13. The van der Waals surface area contributed by atoms with E-state index in [4.69, 9.17) is 0 Å². The molecule has 0 spiro atoms. The van der Waals surface area contributed by atoms with E-state index in [1.165, 1.54) is 29.6 Å². The minimum atomic E-state index is -1.50. The molecule has 0 fully saturated rings. The number of hydrogen-bond acceptors (Lipinski definition) is 0. The number of fused-ring (bicyclic) bond motifs is 1. The molecule has 3 rings (SSSR count). The highest BCUT2D eigenvalue weighted by molar-refractivity contribution is 7.03. The summed E-state index contributed by atoms with van der Waals surface area (Å²) in [5.41, 5.74) is 4.48. The van der Waals surface area contributed by atoms with Gasteiger partial charge in [-0.05, 0) is 24.0 Å². The Labute approximate surface area is 131 Å². The van der Waals surface area contributed by atoms with Gasteiger partial charge in [-0.3, -0.25) is 0 Å². The summed E-state index contributed by atoms with van der Waals surface area (Å²) in [6, 6.07) is 8.95. The van der Waals surface area contributed by atoms with E-state index in [0.29, 0.717) is 0 Å². The average molecular weight is 311 g/mol. The first-order valence-electron chi connectivity index (χ1n) is 8.04. The maximum Gasteiger partial charge on any atom is 0.104 e. The smallest absolute Gasteiger partial charge is 0.0809 e. The summed E-state index contributed by atoms with van der Waals surface area (Å²) in [4.78, 5) is 0. The van der Waals surface area contributed by atoms with Crippen molar-refractivity contribution in [3.63, 3.8) is 0 Å². The van der Waals surface area contributed by atoms with Gasteiger partial charge in [-0.2, -0.15) is 0 Å². The van der Waals surface area contributed by atoms with Crippen molar-refractivity contribution in [3.05, 3.63) is 64.0 Å². The Balaban J connectivity index is 1.98. The number of rotatable bonds is 4. The molecule has 0 amide bonds. The molecule has 1 atom stereocenters. The van der Waals surface area contributed by atoms with Crippen molar-refractivity contribution in [1.29, 1.82) is 0 Å². The SMILES string of the molecule is C[Si](C)(C)C[Si](C)(C1=CC=CC1)C1=Cc2ccccc2C1. The Bertz CT molecular complexity index is 644. The first-order chi connectivity index (χ1) is 9.88. The predicted octanol–water partition coefficient (Wildman–Crippen LogP) is 5.55. The maximum absolute atomic E-state index is 2.63. The van der Waals surface area contributed by atoms with Crippen LogP contribution in [-0.4, -0.2) is 16.1 Å². The van der Waals surface area contributed by atoms with Crippen LogP contribution in [0.5, 0.6) is 0 Å². The zero-order valence-electron chi connectivity index (χ0n) is 13.7. The quantitative estimate of drug-likeness (QED) is 0.640. The molecule has 2 aliphatic rings. The van der Waals surface area contributed by atoms with Crippen molar-refractivity contribution in [3.8, 4) is 0 Å². The molecule has 110 valence electrons. The molecule has 0 heterocycles. The van der Waals surface area contributed by atoms with Gasteiger partial charge in [0, 0.05) is 8.07 Å². The third-order valence-electron chi connectivity index (χ3n) is 4.84. The van der Waals surface area contributed by atoms with Gasteiger partial charge in [0.2, 0.25) is 0 Å². The fraction of sp³-hybridized carbons (Fsp3) is 0.368. The van der Waals surface area contributed by atoms with Crippen molar-refractivity contribution in [1.82, 2.24) is 0 Å². The molecule has 0 aliphatic heterocycles. The molecule has 21 heavy (non-hydrogen) atoms. The Morgan fingerprint density at radius 2 is 1.76 bits per heavy atom. The van der Waals surface area contributed by atoms with Gasteiger partial charge in [-0.15, -0.1) is 0 Å². The van der Waals surface area contributed by atoms with E-state index in [9.17, 15) is 0 Å². The zero-order valence-corrected chi connectivity index (χ0v) is 15.7. The van der Waals surface area contributed by atoms with Crippen molar-refractivity contribution in [2.75, 3.05) is 0 Å². The summed E-state index contributed by atoms with van der Waals surface area (Å²) in [6.45, 7) is 10.2. The van der Waals surface area contributed by atoms with Crippen LogP contribution in [0.4, 0.5) is 0 Å². The van der Waals surface area contributed by atoms with Crippen molar-refractivity contribution in [2.24, 2.45) is 0 Å². The zero-order chi connectivity index (χ0) is 15.1. The van der Waals surface area contributed by atoms with Crippen LogP contribution in [0.15, 0.2) is 52.9 Å². The molecule has 0 saturated carbocycles. The maximum atomic E-state index is 2.63. The number of hydrogen-bond donors (Lipinski definition) is 0. The molecule has 0 nitrogen and oxygen atoms in total. The van der Waals surface area contributed by atoms with Gasteiger partial charge >= 0.3 is 0 Å². The minimum Gasteiger partial charge on any atom is -0.0809 e. The largest absolute Gasteiger partial charge is 0.104 e. The van der Waals surface area contributed by atoms with E-state index in [2.05, 4.69) is 74.8 Å². The molecule has 1 aromatic rings. The summed E-state index contributed by atoms with van der Waals surface area (Å²) in [7, 11) is -2.57. The van der Waals surface area contributed by atoms with E-state index in [1.54, 1.807) is 10.4 Å². The lowest BCUT2D eigenvalue weighted by Crippen LogP contribution is -2.44. The second-order valence-electron chi connectivity index (χ2n) is 7.94. The highest BCUT2D eigenvalue weighted by atomic mass is 28.4. The fourth-order valence-corrected chi connectivity index (χ4v) is 16.8. The molecule has 1 aromatic carbocycles. The van der Waals surface area contributed by atoms with Gasteiger partial charge in [-0.1, -0.05) is 90.8 Å². The van der Waals surface area contributed by atoms with E-state index in [0.717, 1.165) is 0 Å². The highest BCUT2D eigenvalue weighted by Crippen LogP contribution is 2.41. The molecular formula is C19H26Si2. The monoisotopic (exact) mass is 310 g/mol. The number of allylic oxidation sites excluding steroid dienone is 5. The van der Waals surface area contributed by atoms with Crippen molar-refractivity contribution in [2.45, 2.75) is 44.7 Å². The van der Waals surface area contributed by atoms with Crippen LogP contribution < -0.4 is 0 Å². The third-order valence-corrected chi connectivity index (χ3v) is 15.4. The van der Waals surface area contributed by atoms with Crippen LogP contribution in [0.3, 0.4) is 0 Å². The summed E-state index contributed by atoms with van der Waals surface area (Å²) < 4.78 is 0. The average Bonchev–Trinajstić information content (AvgIpc) is 3.06. The van der Waals surface area contributed by atoms with E-state index < -0.39 is 16.1 Å². The minimum absolute atomic E-state index is 1.08. The van der Waals surface area contributed by atoms with E-state index in [1.807, 2.05) is 0 Å². The topological polar surface area (TPSA) is 0 Å². The lowest BCUT2D eigenvalue weighted by Gasteiger charge is -2.36. The second-order valence-corrected chi connectivity index (χ2v) is 18.4. The molecule has 0 radical (unpaired) electrons. The van der Waals surface area contributed by atoms with Crippen LogP contribution in [0.25, 0.3) is 6.08 Å². The van der Waals surface area contributed by atoms with Gasteiger partial charge in [0.15, 0.2) is 0 Å². The Kier molecular flexibility index (Phi) is 3.70. The summed E-state index contributed by atoms with van der Waals surface area (Å²) in [5, 5.41) is 3.52. The van der Waals surface area contributed by atoms with Gasteiger partial charge in [-0.25, -0.2) is 0 Å². The van der Waals surface area contributed by atoms with Gasteiger partial charge < -0.3 is 0 Å². The predicted molar refractivity (Wildman–Crippen MR) is 99.7 cm³/mol. The molecular weight excluding hydrogens is 284 g/mol. The first kappa shape index (κ1) is 14.8. The lowest BCUT2D eigenvalue weighted by atomic mass is 10.1. The summed E-state index contributed by atoms with van der Waals surface area (Å²) in [5.74, 6) is 0. The van der Waals surface area contributed by atoms with E-state index in [-0.39, 0.29) is 0 Å².